The number of hydrogen-bond donors (Lipinski definition) is 2. The largest absolute Gasteiger partial charge is 0.409 e. The Bertz CT molecular complexity index is 428. The Morgan fingerprint density at radius 1 is 1.56 bits per heavy atom. The van der Waals surface area contributed by atoms with Crippen LogP contribution in [0.25, 0.3) is 0 Å². The fraction of sp³-hybridized carbons (Fsp3) is 0.462. The Morgan fingerprint density at radius 3 is 3.00 bits per heavy atom. The highest BCUT2D eigenvalue weighted by molar-refractivity contribution is 6.02. The fourth-order valence-electron chi connectivity index (χ4n) is 2.29. The predicted molar refractivity (Wildman–Crippen MR) is 71.1 cm³/mol. The molecule has 3 N–H and O–H groups in total. The van der Waals surface area contributed by atoms with E-state index in [1.807, 2.05) is 31.3 Å². The number of nitrogens with zero attached hydrogens (tertiary/aromatic N) is 2. The summed E-state index contributed by atoms with van der Waals surface area (Å²) in [6.45, 7) is 2.58. The molecule has 1 aromatic carbocycles. The van der Waals surface area contributed by atoms with E-state index in [-0.39, 0.29) is 5.84 Å². The lowest BCUT2D eigenvalue weighted by Crippen LogP contribution is -2.28. The minimum atomic E-state index is 0.139. The monoisotopic (exact) mass is 249 g/mol. The molecule has 98 valence electrons. The number of para-hydroxylation sites is 1. The molecule has 1 heterocycles. The first-order chi connectivity index (χ1) is 8.72. The molecule has 0 bridgehead atoms. The Kier molecular flexibility index (Phi) is 4.04. The molecule has 0 aromatic heterocycles. The van der Waals surface area contributed by atoms with Crippen LogP contribution < -0.4 is 10.6 Å². The molecule has 0 aliphatic carbocycles. The molecule has 0 spiro atoms. The lowest BCUT2D eigenvalue weighted by Gasteiger charge is -2.24. The van der Waals surface area contributed by atoms with Crippen LogP contribution in [-0.2, 0) is 4.74 Å². The molecule has 0 radical (unpaired) electrons. The summed E-state index contributed by atoms with van der Waals surface area (Å²) < 4.78 is 5.38. The summed E-state index contributed by atoms with van der Waals surface area (Å²) >= 11 is 0. The molecule has 5 heteroatoms. The van der Waals surface area contributed by atoms with E-state index in [0.717, 1.165) is 37.4 Å². The van der Waals surface area contributed by atoms with Gasteiger partial charge >= 0.3 is 0 Å². The fourth-order valence-corrected chi connectivity index (χ4v) is 2.29. The Labute approximate surface area is 107 Å². The molecule has 1 saturated heterocycles. The maximum atomic E-state index is 8.80. The maximum Gasteiger partial charge on any atom is 0.172 e. The summed E-state index contributed by atoms with van der Waals surface area (Å²) in [6.07, 6.45) is 1.09. The first kappa shape index (κ1) is 12.7. The van der Waals surface area contributed by atoms with Crippen molar-refractivity contribution in [2.24, 2.45) is 16.8 Å². The SMILES string of the molecule is CN(CC1CCOC1)c1ccccc1C(N)=NO. The van der Waals surface area contributed by atoms with Gasteiger partial charge in [-0.05, 0) is 18.6 Å². The van der Waals surface area contributed by atoms with Crippen LogP contribution in [0.2, 0.25) is 0 Å². The van der Waals surface area contributed by atoms with Crippen LogP contribution in [0.15, 0.2) is 29.4 Å². The Hall–Kier alpha value is -1.75. The van der Waals surface area contributed by atoms with Crippen LogP contribution in [0.3, 0.4) is 0 Å². The number of rotatable bonds is 4. The highest BCUT2D eigenvalue weighted by Gasteiger charge is 2.19. The van der Waals surface area contributed by atoms with Crippen molar-refractivity contribution in [2.45, 2.75) is 6.42 Å². The maximum absolute atomic E-state index is 8.80. The second-order valence-electron chi connectivity index (χ2n) is 4.61. The minimum Gasteiger partial charge on any atom is -0.409 e. The molecule has 18 heavy (non-hydrogen) atoms. The molecule has 0 saturated carbocycles. The van der Waals surface area contributed by atoms with Crippen LogP contribution in [0.4, 0.5) is 5.69 Å². The van der Waals surface area contributed by atoms with Crippen molar-refractivity contribution in [1.82, 2.24) is 0 Å². The standard InChI is InChI=1S/C13H19N3O2/c1-16(8-10-6-7-18-9-10)12-5-3-2-4-11(12)13(14)15-17/h2-5,10,17H,6-9H2,1H3,(H2,14,15). The number of ether oxygens (including phenoxy) is 1. The molecule has 1 aliphatic rings. The van der Waals surface area contributed by atoms with Crippen molar-refractivity contribution >= 4 is 11.5 Å². The Morgan fingerprint density at radius 2 is 2.33 bits per heavy atom. The van der Waals surface area contributed by atoms with E-state index in [9.17, 15) is 0 Å². The second-order valence-corrected chi connectivity index (χ2v) is 4.61. The van der Waals surface area contributed by atoms with Gasteiger partial charge in [-0.3, -0.25) is 0 Å². The Balaban J connectivity index is 2.16. The average molecular weight is 249 g/mol. The van der Waals surface area contributed by atoms with Crippen molar-refractivity contribution in [3.05, 3.63) is 29.8 Å². The third kappa shape index (κ3) is 2.73. The van der Waals surface area contributed by atoms with Crippen LogP contribution in [-0.4, -0.2) is 37.8 Å². The van der Waals surface area contributed by atoms with Crippen LogP contribution in [0, 0.1) is 5.92 Å². The molecule has 0 amide bonds. The van der Waals surface area contributed by atoms with Gasteiger partial charge < -0.3 is 20.6 Å². The number of nitrogens with two attached hydrogens (primary N) is 1. The number of benzene rings is 1. The van der Waals surface area contributed by atoms with Crippen molar-refractivity contribution in [2.75, 3.05) is 31.7 Å². The lowest BCUT2D eigenvalue weighted by molar-refractivity contribution is 0.186. The van der Waals surface area contributed by atoms with Crippen molar-refractivity contribution in [1.29, 1.82) is 0 Å². The van der Waals surface area contributed by atoms with Crippen LogP contribution >= 0.6 is 0 Å². The van der Waals surface area contributed by atoms with Gasteiger partial charge in [-0.15, -0.1) is 0 Å². The predicted octanol–water partition coefficient (Wildman–Crippen LogP) is 1.25. The summed E-state index contributed by atoms with van der Waals surface area (Å²) in [5, 5.41) is 11.9. The molecule has 1 aromatic rings. The van der Waals surface area contributed by atoms with Gasteiger partial charge in [0.2, 0.25) is 0 Å². The van der Waals surface area contributed by atoms with Gasteiger partial charge in [0.15, 0.2) is 5.84 Å². The lowest BCUT2D eigenvalue weighted by atomic mass is 10.1. The first-order valence-electron chi connectivity index (χ1n) is 6.08. The van der Waals surface area contributed by atoms with E-state index < -0.39 is 0 Å². The second kappa shape index (κ2) is 5.73. The molecule has 1 aliphatic heterocycles. The molecular weight excluding hydrogens is 230 g/mol. The average Bonchev–Trinajstić information content (AvgIpc) is 2.90. The van der Waals surface area contributed by atoms with Crippen LogP contribution in [0.1, 0.15) is 12.0 Å². The summed E-state index contributed by atoms with van der Waals surface area (Å²) in [6, 6.07) is 7.66. The molecule has 1 fully saturated rings. The van der Waals surface area contributed by atoms with Crippen molar-refractivity contribution in [3.63, 3.8) is 0 Å². The zero-order chi connectivity index (χ0) is 13.0. The summed E-state index contributed by atoms with van der Waals surface area (Å²) in [5.74, 6) is 0.690. The molecule has 2 rings (SSSR count). The van der Waals surface area contributed by atoms with E-state index >= 15 is 0 Å². The van der Waals surface area contributed by atoms with Gasteiger partial charge in [0.25, 0.3) is 0 Å². The smallest absolute Gasteiger partial charge is 0.172 e. The number of hydrogen-bond acceptors (Lipinski definition) is 4. The van der Waals surface area contributed by atoms with Crippen molar-refractivity contribution in [3.8, 4) is 0 Å². The quantitative estimate of drug-likeness (QED) is 0.365. The van der Waals surface area contributed by atoms with Crippen LogP contribution in [0.5, 0.6) is 0 Å². The number of oxime groups is 1. The van der Waals surface area contributed by atoms with Gasteiger partial charge in [-0.2, -0.15) is 0 Å². The molecular formula is C13H19N3O2. The van der Waals surface area contributed by atoms with Crippen molar-refractivity contribution < 1.29 is 9.94 Å². The van der Waals surface area contributed by atoms with Gasteiger partial charge in [0.1, 0.15) is 0 Å². The third-order valence-corrected chi connectivity index (χ3v) is 3.26. The summed E-state index contributed by atoms with van der Waals surface area (Å²) in [4.78, 5) is 2.13. The number of anilines is 1. The van der Waals surface area contributed by atoms with Gasteiger partial charge in [-0.25, -0.2) is 0 Å². The molecule has 1 unspecified atom stereocenters. The summed E-state index contributed by atoms with van der Waals surface area (Å²) in [7, 11) is 2.02. The highest BCUT2D eigenvalue weighted by Crippen LogP contribution is 2.22. The van der Waals surface area contributed by atoms with E-state index in [1.165, 1.54) is 0 Å². The third-order valence-electron chi connectivity index (χ3n) is 3.26. The normalized spacial score (nSPS) is 20.1. The first-order valence-corrected chi connectivity index (χ1v) is 6.08. The zero-order valence-electron chi connectivity index (χ0n) is 10.5. The van der Waals surface area contributed by atoms with E-state index in [1.54, 1.807) is 0 Å². The topological polar surface area (TPSA) is 71.1 Å². The van der Waals surface area contributed by atoms with E-state index in [2.05, 4.69) is 10.1 Å². The van der Waals surface area contributed by atoms with Gasteiger partial charge in [-0.1, -0.05) is 17.3 Å². The minimum absolute atomic E-state index is 0.139. The van der Waals surface area contributed by atoms with E-state index in [0.29, 0.717) is 5.92 Å². The van der Waals surface area contributed by atoms with Gasteiger partial charge in [0.05, 0.1) is 6.61 Å². The van der Waals surface area contributed by atoms with Gasteiger partial charge in [0, 0.05) is 37.4 Å². The molecule has 1 atom stereocenters. The summed E-state index contributed by atoms with van der Waals surface area (Å²) in [5.41, 5.74) is 7.41. The van der Waals surface area contributed by atoms with E-state index in [4.69, 9.17) is 15.7 Å². The number of amidine groups is 1. The highest BCUT2D eigenvalue weighted by atomic mass is 16.5. The zero-order valence-corrected chi connectivity index (χ0v) is 10.5. The molecule has 5 nitrogen and oxygen atoms in total.